The summed E-state index contributed by atoms with van der Waals surface area (Å²) in [6.07, 6.45) is -4.47. The number of hydrogen-bond acceptors (Lipinski definition) is 1. The van der Waals surface area contributed by atoms with Gasteiger partial charge in [-0.05, 0) is 48.4 Å². The van der Waals surface area contributed by atoms with E-state index in [1.807, 2.05) is 0 Å². The molecule has 0 aliphatic carbocycles. The SMILES string of the molecule is Cc1cc(Oc2ccc(CCl)c(C(F)(F)F)c2)ccc1Cl. The fourth-order valence-corrected chi connectivity index (χ4v) is 2.17. The molecule has 0 bridgehead atoms. The summed E-state index contributed by atoms with van der Waals surface area (Å²) in [5, 5.41) is 0.566. The van der Waals surface area contributed by atoms with Gasteiger partial charge in [-0.3, -0.25) is 0 Å². The van der Waals surface area contributed by atoms with Crippen molar-refractivity contribution >= 4 is 23.2 Å². The van der Waals surface area contributed by atoms with Crippen LogP contribution in [0.4, 0.5) is 13.2 Å². The van der Waals surface area contributed by atoms with Crippen LogP contribution in [0.2, 0.25) is 5.02 Å². The molecular weight excluding hydrogens is 324 g/mol. The quantitative estimate of drug-likeness (QED) is 0.607. The minimum absolute atomic E-state index is 0.0174. The number of alkyl halides is 4. The maximum absolute atomic E-state index is 12.9. The molecule has 0 spiro atoms. The van der Waals surface area contributed by atoms with Crippen LogP contribution in [0.3, 0.4) is 0 Å². The summed E-state index contributed by atoms with van der Waals surface area (Å²) < 4.78 is 44.3. The van der Waals surface area contributed by atoms with E-state index in [1.165, 1.54) is 12.1 Å². The number of aryl methyl sites for hydroxylation is 1. The van der Waals surface area contributed by atoms with Crippen LogP contribution in [0.25, 0.3) is 0 Å². The Hall–Kier alpha value is -1.39. The molecule has 21 heavy (non-hydrogen) atoms. The number of halogens is 5. The molecule has 0 atom stereocenters. The molecule has 0 unspecified atom stereocenters. The molecule has 0 N–H and O–H groups in total. The normalized spacial score (nSPS) is 11.5. The molecule has 0 radical (unpaired) electrons. The van der Waals surface area contributed by atoms with Crippen molar-refractivity contribution < 1.29 is 17.9 Å². The molecule has 0 fully saturated rings. The Morgan fingerprint density at radius 2 is 1.67 bits per heavy atom. The second kappa shape index (κ2) is 6.16. The standard InChI is InChI=1S/C15H11Cl2F3O/c1-9-6-11(4-5-14(9)17)21-12-3-2-10(8-16)13(7-12)15(18,19)20/h2-7H,8H2,1H3. The molecule has 0 aliphatic heterocycles. The van der Waals surface area contributed by atoms with Crippen molar-refractivity contribution in [2.24, 2.45) is 0 Å². The van der Waals surface area contributed by atoms with E-state index >= 15 is 0 Å². The topological polar surface area (TPSA) is 9.23 Å². The van der Waals surface area contributed by atoms with E-state index in [9.17, 15) is 13.2 Å². The monoisotopic (exact) mass is 334 g/mol. The van der Waals surface area contributed by atoms with Gasteiger partial charge in [0.1, 0.15) is 11.5 Å². The first-order valence-electron chi connectivity index (χ1n) is 6.01. The average Bonchev–Trinajstić information content (AvgIpc) is 2.42. The molecule has 0 amide bonds. The summed E-state index contributed by atoms with van der Waals surface area (Å²) in [6.45, 7) is 1.78. The minimum Gasteiger partial charge on any atom is -0.457 e. The lowest BCUT2D eigenvalue weighted by molar-refractivity contribution is -0.138. The van der Waals surface area contributed by atoms with Crippen molar-refractivity contribution in [2.75, 3.05) is 0 Å². The lowest BCUT2D eigenvalue weighted by Crippen LogP contribution is -2.08. The minimum atomic E-state index is -4.47. The van der Waals surface area contributed by atoms with Crippen molar-refractivity contribution in [3.05, 3.63) is 58.1 Å². The molecule has 2 rings (SSSR count). The zero-order valence-electron chi connectivity index (χ0n) is 11.0. The van der Waals surface area contributed by atoms with Crippen molar-refractivity contribution in [3.63, 3.8) is 0 Å². The zero-order chi connectivity index (χ0) is 15.6. The van der Waals surface area contributed by atoms with Gasteiger partial charge in [0.2, 0.25) is 0 Å². The predicted octanol–water partition coefficient (Wildman–Crippen LogP) is 6.20. The second-order valence-corrected chi connectivity index (χ2v) is 5.14. The van der Waals surface area contributed by atoms with E-state index in [1.54, 1.807) is 25.1 Å². The Morgan fingerprint density at radius 3 is 2.24 bits per heavy atom. The molecule has 6 heteroatoms. The first-order chi connectivity index (χ1) is 9.81. The van der Waals surface area contributed by atoms with Crippen LogP contribution in [-0.4, -0.2) is 0 Å². The summed E-state index contributed by atoms with van der Waals surface area (Å²) in [6, 6.07) is 8.60. The average molecular weight is 335 g/mol. The number of hydrogen-bond donors (Lipinski definition) is 0. The van der Waals surface area contributed by atoms with Gasteiger partial charge in [0, 0.05) is 10.9 Å². The molecule has 0 aromatic heterocycles. The van der Waals surface area contributed by atoms with E-state index in [0.717, 1.165) is 11.6 Å². The molecule has 2 aromatic carbocycles. The van der Waals surface area contributed by atoms with Gasteiger partial charge in [-0.15, -0.1) is 11.6 Å². The van der Waals surface area contributed by atoms with Gasteiger partial charge in [0.15, 0.2) is 0 Å². The highest BCUT2D eigenvalue weighted by molar-refractivity contribution is 6.31. The van der Waals surface area contributed by atoms with Crippen molar-refractivity contribution in [1.82, 2.24) is 0 Å². The Morgan fingerprint density at radius 1 is 1.05 bits per heavy atom. The summed E-state index contributed by atoms with van der Waals surface area (Å²) >= 11 is 11.4. The van der Waals surface area contributed by atoms with Gasteiger partial charge < -0.3 is 4.74 Å². The largest absolute Gasteiger partial charge is 0.457 e. The molecule has 0 saturated heterocycles. The molecule has 112 valence electrons. The van der Waals surface area contributed by atoms with Crippen molar-refractivity contribution in [2.45, 2.75) is 19.0 Å². The van der Waals surface area contributed by atoms with E-state index < -0.39 is 11.7 Å². The summed E-state index contributed by atoms with van der Waals surface area (Å²) in [5.41, 5.74) is 0.00655. The number of benzene rings is 2. The van der Waals surface area contributed by atoms with Crippen molar-refractivity contribution in [3.8, 4) is 11.5 Å². The summed E-state index contributed by atoms with van der Waals surface area (Å²) in [4.78, 5) is 0. The number of ether oxygens (including phenoxy) is 1. The van der Waals surface area contributed by atoms with Gasteiger partial charge >= 0.3 is 6.18 Å². The van der Waals surface area contributed by atoms with Crippen LogP contribution >= 0.6 is 23.2 Å². The lowest BCUT2D eigenvalue weighted by Gasteiger charge is -2.14. The Bertz CT molecular complexity index is 654. The van der Waals surface area contributed by atoms with Crippen LogP contribution < -0.4 is 4.74 Å². The highest BCUT2D eigenvalue weighted by atomic mass is 35.5. The smallest absolute Gasteiger partial charge is 0.416 e. The molecular formula is C15H11Cl2F3O. The van der Waals surface area contributed by atoms with Gasteiger partial charge in [-0.1, -0.05) is 17.7 Å². The molecule has 0 aliphatic rings. The lowest BCUT2D eigenvalue weighted by atomic mass is 10.1. The highest BCUT2D eigenvalue weighted by Gasteiger charge is 2.33. The molecule has 2 aromatic rings. The fraction of sp³-hybridized carbons (Fsp3) is 0.200. The first-order valence-corrected chi connectivity index (χ1v) is 6.92. The third-order valence-electron chi connectivity index (χ3n) is 2.90. The van der Waals surface area contributed by atoms with Crippen LogP contribution in [0.5, 0.6) is 11.5 Å². The van der Waals surface area contributed by atoms with Gasteiger partial charge in [0.25, 0.3) is 0 Å². The molecule has 1 nitrogen and oxygen atoms in total. The number of rotatable bonds is 3. The van der Waals surface area contributed by atoms with Crippen LogP contribution in [0.1, 0.15) is 16.7 Å². The Kier molecular flexibility index (Phi) is 4.69. The molecule has 0 heterocycles. The van der Waals surface area contributed by atoms with E-state index in [4.69, 9.17) is 27.9 Å². The van der Waals surface area contributed by atoms with Crippen LogP contribution in [-0.2, 0) is 12.1 Å². The maximum Gasteiger partial charge on any atom is 0.416 e. The van der Waals surface area contributed by atoms with Crippen LogP contribution in [0.15, 0.2) is 36.4 Å². The second-order valence-electron chi connectivity index (χ2n) is 4.46. The van der Waals surface area contributed by atoms with E-state index in [-0.39, 0.29) is 17.2 Å². The molecule has 0 saturated carbocycles. The van der Waals surface area contributed by atoms with E-state index in [2.05, 4.69) is 0 Å². The maximum atomic E-state index is 12.9. The van der Waals surface area contributed by atoms with Crippen molar-refractivity contribution in [1.29, 1.82) is 0 Å². The third kappa shape index (κ3) is 3.83. The zero-order valence-corrected chi connectivity index (χ0v) is 12.5. The van der Waals surface area contributed by atoms with E-state index in [0.29, 0.717) is 10.8 Å². The summed E-state index contributed by atoms with van der Waals surface area (Å²) in [5.74, 6) is 0.302. The van der Waals surface area contributed by atoms with Gasteiger partial charge in [-0.2, -0.15) is 13.2 Å². The summed E-state index contributed by atoms with van der Waals surface area (Å²) in [7, 11) is 0. The Balaban J connectivity index is 2.34. The predicted molar refractivity (Wildman–Crippen MR) is 77.3 cm³/mol. The Labute approximate surface area is 130 Å². The third-order valence-corrected chi connectivity index (χ3v) is 3.61. The first kappa shape index (κ1) is 16.0. The van der Waals surface area contributed by atoms with Gasteiger partial charge in [-0.25, -0.2) is 0 Å². The fourth-order valence-electron chi connectivity index (χ4n) is 1.82. The highest BCUT2D eigenvalue weighted by Crippen LogP contribution is 2.36. The van der Waals surface area contributed by atoms with Gasteiger partial charge in [0.05, 0.1) is 5.56 Å². The van der Waals surface area contributed by atoms with Crippen LogP contribution in [0, 0.1) is 6.92 Å².